The zero-order valence-corrected chi connectivity index (χ0v) is 16.3. The van der Waals surface area contributed by atoms with Crippen molar-refractivity contribution in [3.8, 4) is 0 Å². The molecule has 4 rings (SSSR count). The lowest BCUT2D eigenvalue weighted by molar-refractivity contribution is -0.133. The summed E-state index contributed by atoms with van der Waals surface area (Å²) < 4.78 is 5.83. The summed E-state index contributed by atoms with van der Waals surface area (Å²) in [4.78, 5) is 40.3. The van der Waals surface area contributed by atoms with Crippen molar-refractivity contribution in [3.05, 3.63) is 71.3 Å². The number of fused-ring (bicyclic) bond motifs is 1. The molecule has 2 aromatic carbocycles. The Bertz CT molecular complexity index is 869. The minimum Gasteiger partial charge on any atom is -0.376 e. The number of hydrogen-bond acceptors (Lipinski definition) is 4. The highest BCUT2D eigenvalue weighted by Gasteiger charge is 2.37. The topological polar surface area (TPSA) is 66.9 Å². The number of likely N-dealkylation sites (tertiary alicyclic amines) is 1. The predicted octanol–water partition coefficient (Wildman–Crippen LogP) is 2.74. The number of hydrogen-bond donors (Lipinski definition) is 0. The van der Waals surface area contributed by atoms with Gasteiger partial charge in [-0.05, 0) is 36.5 Å². The number of piperidine rings is 1. The van der Waals surface area contributed by atoms with Crippen molar-refractivity contribution in [2.24, 2.45) is 5.92 Å². The monoisotopic (exact) mass is 392 g/mol. The van der Waals surface area contributed by atoms with Gasteiger partial charge in [0.25, 0.3) is 11.8 Å². The first-order valence-corrected chi connectivity index (χ1v) is 9.98. The van der Waals surface area contributed by atoms with E-state index in [1.807, 2.05) is 30.3 Å². The SMILES string of the molecule is O=C(CN1C(=O)c2ccccc2C1=O)N1CCC(COCc2ccccc2)CC1. The summed E-state index contributed by atoms with van der Waals surface area (Å²) in [5.41, 5.74) is 1.90. The van der Waals surface area contributed by atoms with Crippen LogP contribution in [-0.2, 0) is 16.1 Å². The zero-order valence-electron chi connectivity index (χ0n) is 16.3. The molecule has 1 saturated heterocycles. The van der Waals surface area contributed by atoms with Crippen molar-refractivity contribution in [2.75, 3.05) is 26.2 Å². The van der Waals surface area contributed by atoms with Crippen LogP contribution < -0.4 is 0 Å². The largest absolute Gasteiger partial charge is 0.376 e. The van der Waals surface area contributed by atoms with Gasteiger partial charge >= 0.3 is 0 Å². The third-order valence-electron chi connectivity index (χ3n) is 5.60. The van der Waals surface area contributed by atoms with E-state index in [4.69, 9.17) is 4.74 Å². The first kappa shape index (κ1) is 19.3. The highest BCUT2D eigenvalue weighted by Crippen LogP contribution is 2.23. The van der Waals surface area contributed by atoms with Crippen LogP contribution in [0.5, 0.6) is 0 Å². The molecule has 0 spiro atoms. The molecule has 0 N–H and O–H groups in total. The summed E-state index contributed by atoms with van der Waals surface area (Å²) >= 11 is 0. The number of imide groups is 1. The Morgan fingerprint density at radius 3 is 2.10 bits per heavy atom. The Morgan fingerprint density at radius 2 is 1.48 bits per heavy atom. The Morgan fingerprint density at radius 1 is 0.897 bits per heavy atom. The van der Waals surface area contributed by atoms with E-state index in [-0.39, 0.29) is 24.3 Å². The molecule has 29 heavy (non-hydrogen) atoms. The molecule has 1 fully saturated rings. The van der Waals surface area contributed by atoms with E-state index in [9.17, 15) is 14.4 Å². The molecule has 0 bridgehead atoms. The van der Waals surface area contributed by atoms with Gasteiger partial charge in [0, 0.05) is 19.7 Å². The Balaban J connectivity index is 1.23. The van der Waals surface area contributed by atoms with E-state index in [0.29, 0.717) is 43.3 Å². The summed E-state index contributed by atoms with van der Waals surface area (Å²) in [5, 5.41) is 0. The van der Waals surface area contributed by atoms with Crippen molar-refractivity contribution in [1.82, 2.24) is 9.80 Å². The van der Waals surface area contributed by atoms with Crippen LogP contribution in [0.1, 0.15) is 39.1 Å². The molecule has 0 aromatic heterocycles. The fraction of sp³-hybridized carbons (Fsp3) is 0.348. The Labute approximate surface area is 170 Å². The third-order valence-corrected chi connectivity index (χ3v) is 5.60. The zero-order chi connectivity index (χ0) is 20.2. The third kappa shape index (κ3) is 4.22. The normalized spacial score (nSPS) is 17.0. The second-order valence-electron chi connectivity index (χ2n) is 7.57. The van der Waals surface area contributed by atoms with Crippen molar-refractivity contribution >= 4 is 17.7 Å². The fourth-order valence-corrected chi connectivity index (χ4v) is 3.88. The summed E-state index contributed by atoms with van der Waals surface area (Å²) in [7, 11) is 0. The van der Waals surface area contributed by atoms with Crippen LogP contribution in [-0.4, -0.2) is 53.8 Å². The van der Waals surface area contributed by atoms with Gasteiger partial charge < -0.3 is 9.64 Å². The molecular formula is C23H24N2O4. The van der Waals surface area contributed by atoms with Gasteiger partial charge in [0.05, 0.1) is 17.7 Å². The van der Waals surface area contributed by atoms with E-state index in [1.165, 1.54) is 0 Å². The molecule has 0 saturated carbocycles. The molecule has 3 amide bonds. The maximum atomic E-state index is 12.7. The van der Waals surface area contributed by atoms with Crippen LogP contribution in [0, 0.1) is 5.92 Å². The standard InChI is InChI=1S/C23H24N2O4/c26-21(14-25-22(27)19-8-4-5-9-20(19)23(25)28)24-12-10-18(11-13-24)16-29-15-17-6-2-1-3-7-17/h1-9,18H,10-16H2. The lowest BCUT2D eigenvalue weighted by Crippen LogP contribution is -2.46. The van der Waals surface area contributed by atoms with Crippen LogP contribution in [0.2, 0.25) is 0 Å². The molecule has 0 atom stereocenters. The summed E-state index contributed by atoms with van der Waals surface area (Å²) in [6.07, 6.45) is 1.73. The molecule has 2 heterocycles. The minimum absolute atomic E-state index is 0.178. The summed E-state index contributed by atoms with van der Waals surface area (Å²) in [6, 6.07) is 16.8. The van der Waals surface area contributed by atoms with E-state index in [2.05, 4.69) is 0 Å². The maximum Gasteiger partial charge on any atom is 0.262 e. The van der Waals surface area contributed by atoms with Crippen molar-refractivity contribution < 1.29 is 19.1 Å². The maximum absolute atomic E-state index is 12.7. The molecule has 6 nitrogen and oxygen atoms in total. The first-order chi connectivity index (χ1) is 14.1. The van der Waals surface area contributed by atoms with Crippen LogP contribution in [0.3, 0.4) is 0 Å². The van der Waals surface area contributed by atoms with Crippen LogP contribution in [0.25, 0.3) is 0 Å². The smallest absolute Gasteiger partial charge is 0.262 e. The van der Waals surface area contributed by atoms with E-state index in [1.54, 1.807) is 29.2 Å². The Hall–Kier alpha value is -2.99. The molecule has 0 aliphatic carbocycles. The Kier molecular flexibility index (Phi) is 5.71. The average molecular weight is 392 g/mol. The van der Waals surface area contributed by atoms with Crippen LogP contribution in [0.15, 0.2) is 54.6 Å². The second-order valence-corrected chi connectivity index (χ2v) is 7.57. The summed E-state index contributed by atoms with van der Waals surface area (Å²) in [5.74, 6) is -0.531. The highest BCUT2D eigenvalue weighted by atomic mass is 16.5. The quantitative estimate of drug-likeness (QED) is 0.709. The molecule has 2 aromatic rings. The number of amides is 3. The molecule has 150 valence electrons. The van der Waals surface area contributed by atoms with E-state index >= 15 is 0 Å². The molecule has 0 unspecified atom stereocenters. The van der Waals surface area contributed by atoms with Crippen molar-refractivity contribution in [3.63, 3.8) is 0 Å². The number of ether oxygens (including phenoxy) is 1. The van der Waals surface area contributed by atoms with Gasteiger partial charge in [-0.25, -0.2) is 0 Å². The lowest BCUT2D eigenvalue weighted by Gasteiger charge is -2.32. The van der Waals surface area contributed by atoms with Crippen molar-refractivity contribution in [1.29, 1.82) is 0 Å². The molecule has 2 aliphatic heterocycles. The molecule has 0 radical (unpaired) electrons. The van der Waals surface area contributed by atoms with E-state index in [0.717, 1.165) is 23.3 Å². The number of nitrogens with zero attached hydrogens (tertiary/aromatic N) is 2. The predicted molar refractivity (Wildman–Crippen MR) is 107 cm³/mol. The first-order valence-electron chi connectivity index (χ1n) is 9.98. The van der Waals surface area contributed by atoms with Crippen molar-refractivity contribution in [2.45, 2.75) is 19.4 Å². The van der Waals surface area contributed by atoms with Gasteiger partial charge in [-0.1, -0.05) is 42.5 Å². The number of benzene rings is 2. The van der Waals surface area contributed by atoms with Gasteiger partial charge in [0.15, 0.2) is 0 Å². The van der Waals surface area contributed by atoms with E-state index < -0.39 is 0 Å². The molecular weight excluding hydrogens is 368 g/mol. The van der Waals surface area contributed by atoms with Gasteiger partial charge in [-0.15, -0.1) is 0 Å². The van der Waals surface area contributed by atoms with Gasteiger partial charge in [0.1, 0.15) is 6.54 Å². The second kappa shape index (κ2) is 8.57. The van der Waals surface area contributed by atoms with Gasteiger partial charge in [0.2, 0.25) is 5.91 Å². The molecule has 2 aliphatic rings. The fourth-order valence-electron chi connectivity index (χ4n) is 3.88. The number of carbonyl (C=O) groups excluding carboxylic acids is 3. The summed E-state index contributed by atoms with van der Waals surface area (Å²) in [6.45, 7) is 2.33. The highest BCUT2D eigenvalue weighted by molar-refractivity contribution is 6.22. The minimum atomic E-state index is -0.386. The molecule has 6 heteroatoms. The van der Waals surface area contributed by atoms with Crippen LogP contribution >= 0.6 is 0 Å². The number of rotatable bonds is 6. The van der Waals surface area contributed by atoms with Crippen LogP contribution in [0.4, 0.5) is 0 Å². The lowest BCUT2D eigenvalue weighted by atomic mass is 9.98. The van der Waals surface area contributed by atoms with Gasteiger partial charge in [-0.2, -0.15) is 0 Å². The van der Waals surface area contributed by atoms with Gasteiger partial charge in [-0.3, -0.25) is 19.3 Å². The average Bonchev–Trinajstić information content (AvgIpc) is 3.00. The number of carbonyl (C=O) groups is 3.